The number of rotatable bonds is 9. The van der Waals surface area contributed by atoms with Crippen LogP contribution in [0.1, 0.15) is 48.1 Å². The van der Waals surface area contributed by atoms with Crippen LogP contribution in [0.15, 0.2) is 42.6 Å². The van der Waals surface area contributed by atoms with E-state index in [1.807, 2.05) is 33.0 Å². The van der Waals surface area contributed by atoms with E-state index in [-0.39, 0.29) is 12.7 Å². The summed E-state index contributed by atoms with van der Waals surface area (Å²) in [5.41, 5.74) is 10.7. The number of fused-ring (bicyclic) bond motifs is 1. The fraction of sp³-hybridized carbons (Fsp3) is 0.385. The van der Waals surface area contributed by atoms with Crippen LogP contribution in [0.25, 0.3) is 4.91 Å². The van der Waals surface area contributed by atoms with Crippen LogP contribution < -0.4 is 15.8 Å². The van der Waals surface area contributed by atoms with Gasteiger partial charge in [0.2, 0.25) is 5.91 Å². The van der Waals surface area contributed by atoms with E-state index in [2.05, 4.69) is 52.3 Å². The van der Waals surface area contributed by atoms with E-state index in [0.29, 0.717) is 11.3 Å². The maximum atomic E-state index is 9.70. The Morgan fingerprint density at radius 2 is 2.09 bits per heavy atom. The summed E-state index contributed by atoms with van der Waals surface area (Å²) in [4.78, 5) is 10.9. The zero-order valence-corrected chi connectivity index (χ0v) is 20.6. The molecule has 0 atom stereocenters. The first kappa shape index (κ1) is 26.3. The molecule has 176 valence electrons. The summed E-state index contributed by atoms with van der Waals surface area (Å²) in [6.07, 6.45) is 5.73. The molecule has 0 unspecified atom stereocenters. The summed E-state index contributed by atoms with van der Waals surface area (Å²) in [6.45, 7) is 3.95. The van der Waals surface area contributed by atoms with Gasteiger partial charge < -0.3 is 20.5 Å². The van der Waals surface area contributed by atoms with Crippen LogP contribution in [0, 0.1) is 11.3 Å². The van der Waals surface area contributed by atoms with Crippen LogP contribution in [-0.2, 0) is 28.1 Å². The lowest BCUT2D eigenvalue weighted by Crippen LogP contribution is -2.16. The molecule has 0 fully saturated rings. The van der Waals surface area contributed by atoms with Gasteiger partial charge in [0.25, 0.3) is 0 Å². The van der Waals surface area contributed by atoms with E-state index >= 15 is 0 Å². The summed E-state index contributed by atoms with van der Waals surface area (Å²) < 4.78 is 10.1. The predicted molar refractivity (Wildman–Crippen MR) is 135 cm³/mol. The SMILES string of the molecule is CN/C=C(\SCc1ccc(OC(C)C)c(C#N)c1)c1cccc2c1CCC2.COCC(N)=O. The van der Waals surface area contributed by atoms with Crippen LogP contribution in [-0.4, -0.2) is 32.8 Å². The molecule has 0 saturated heterocycles. The summed E-state index contributed by atoms with van der Waals surface area (Å²) in [5, 5.41) is 12.6. The first-order valence-corrected chi connectivity index (χ1v) is 12.0. The predicted octanol–water partition coefficient (Wildman–Crippen LogP) is 4.40. The van der Waals surface area contributed by atoms with Crippen molar-refractivity contribution in [3.63, 3.8) is 0 Å². The average Bonchev–Trinajstić information content (AvgIpc) is 3.26. The highest BCUT2D eigenvalue weighted by Gasteiger charge is 2.17. The fourth-order valence-corrected chi connectivity index (χ4v) is 4.64. The number of thioether (sulfide) groups is 1. The van der Waals surface area contributed by atoms with Crippen molar-refractivity contribution in [2.45, 2.75) is 45.0 Å². The Morgan fingerprint density at radius 3 is 2.70 bits per heavy atom. The van der Waals surface area contributed by atoms with Crippen LogP contribution >= 0.6 is 11.8 Å². The largest absolute Gasteiger partial charge is 0.490 e. The van der Waals surface area contributed by atoms with Gasteiger partial charge in [0, 0.05) is 31.0 Å². The number of hydrogen-bond acceptors (Lipinski definition) is 6. The Balaban J connectivity index is 0.000000569. The highest BCUT2D eigenvalue weighted by Crippen LogP contribution is 2.37. The van der Waals surface area contributed by atoms with E-state index in [4.69, 9.17) is 4.74 Å². The second-order valence-corrected chi connectivity index (χ2v) is 8.91. The minimum atomic E-state index is -0.433. The zero-order chi connectivity index (χ0) is 24.2. The molecular formula is C26H33N3O3S. The molecule has 0 heterocycles. The number of methoxy groups -OCH3 is 1. The standard InChI is InChI=1S/C23H26N2OS.C3H7NO2/c1-16(2)26-22-11-10-17(12-19(22)13-24)15-27-23(14-25-3)21-9-5-7-18-6-4-8-20(18)21;1-6-2-3(4)5/h5,7,9-12,14,16,25H,4,6,8,15H2,1-3H3;2H2,1H3,(H2,4,5)/b23-14-;. The highest BCUT2D eigenvalue weighted by molar-refractivity contribution is 8.07. The normalized spacial score (nSPS) is 12.4. The number of nitrogens with two attached hydrogens (primary N) is 1. The van der Waals surface area contributed by atoms with Crippen LogP contribution in [0.3, 0.4) is 0 Å². The van der Waals surface area contributed by atoms with Crippen molar-refractivity contribution in [3.05, 3.63) is 70.4 Å². The average molecular weight is 468 g/mol. The molecule has 0 radical (unpaired) electrons. The topological polar surface area (TPSA) is 97.4 Å². The van der Waals surface area contributed by atoms with Gasteiger partial charge in [-0.05, 0) is 67.5 Å². The molecule has 7 heteroatoms. The lowest BCUT2D eigenvalue weighted by Gasteiger charge is -2.14. The number of nitrogens with one attached hydrogen (secondary N) is 1. The lowest BCUT2D eigenvalue weighted by atomic mass is 10.0. The molecule has 1 amide bonds. The van der Waals surface area contributed by atoms with Gasteiger partial charge in [-0.2, -0.15) is 5.26 Å². The van der Waals surface area contributed by atoms with Gasteiger partial charge in [0.05, 0.1) is 11.7 Å². The Morgan fingerprint density at radius 1 is 1.30 bits per heavy atom. The van der Waals surface area contributed by atoms with E-state index in [1.165, 1.54) is 41.5 Å². The van der Waals surface area contributed by atoms with Gasteiger partial charge >= 0.3 is 0 Å². The molecule has 3 rings (SSSR count). The second-order valence-electron chi connectivity index (χ2n) is 7.89. The third kappa shape index (κ3) is 8.16. The number of amides is 1. The fourth-order valence-electron chi connectivity index (χ4n) is 3.59. The van der Waals surface area contributed by atoms with Crippen molar-refractivity contribution >= 4 is 22.6 Å². The summed E-state index contributed by atoms with van der Waals surface area (Å²) in [7, 11) is 3.36. The first-order valence-electron chi connectivity index (χ1n) is 11.0. The number of hydrogen-bond donors (Lipinski definition) is 2. The number of nitrogens with zero attached hydrogens (tertiary/aromatic N) is 1. The minimum absolute atomic E-state index is 0.0139. The van der Waals surface area contributed by atoms with Crippen LogP contribution in [0.4, 0.5) is 0 Å². The van der Waals surface area contributed by atoms with Gasteiger partial charge in [-0.25, -0.2) is 0 Å². The van der Waals surface area contributed by atoms with E-state index < -0.39 is 5.91 Å². The molecule has 0 aliphatic heterocycles. The zero-order valence-electron chi connectivity index (χ0n) is 19.8. The third-order valence-electron chi connectivity index (χ3n) is 4.89. The van der Waals surface area contributed by atoms with Crippen molar-refractivity contribution in [2.24, 2.45) is 5.73 Å². The third-order valence-corrected chi connectivity index (χ3v) is 6.02. The molecule has 33 heavy (non-hydrogen) atoms. The van der Waals surface area contributed by atoms with Crippen LogP contribution in [0.5, 0.6) is 5.75 Å². The van der Waals surface area contributed by atoms with Crippen LogP contribution in [0.2, 0.25) is 0 Å². The highest BCUT2D eigenvalue weighted by atomic mass is 32.2. The van der Waals surface area contributed by atoms with Crippen molar-refractivity contribution in [2.75, 3.05) is 20.8 Å². The molecule has 2 aromatic carbocycles. The summed E-state index contributed by atoms with van der Waals surface area (Å²) >= 11 is 1.81. The molecule has 0 spiro atoms. The number of carbonyl (C=O) groups is 1. The van der Waals surface area contributed by atoms with Crippen molar-refractivity contribution in [3.8, 4) is 11.8 Å². The summed E-state index contributed by atoms with van der Waals surface area (Å²) in [6, 6.07) is 14.8. The van der Waals surface area contributed by atoms with Crippen molar-refractivity contribution in [1.29, 1.82) is 5.26 Å². The van der Waals surface area contributed by atoms with E-state index in [9.17, 15) is 10.1 Å². The lowest BCUT2D eigenvalue weighted by molar-refractivity contribution is -0.121. The molecule has 2 aromatic rings. The number of benzene rings is 2. The van der Waals surface area contributed by atoms with Gasteiger partial charge in [-0.15, -0.1) is 11.8 Å². The first-order chi connectivity index (χ1) is 15.9. The molecule has 1 aliphatic carbocycles. The molecule has 1 aliphatic rings. The van der Waals surface area contributed by atoms with Gasteiger partial charge in [0.15, 0.2) is 0 Å². The monoisotopic (exact) mass is 467 g/mol. The molecule has 3 N–H and O–H groups in total. The number of primary amides is 1. The summed E-state index contributed by atoms with van der Waals surface area (Å²) in [5.74, 6) is 1.04. The van der Waals surface area contributed by atoms with Crippen molar-refractivity contribution in [1.82, 2.24) is 5.32 Å². The number of ether oxygens (including phenoxy) is 2. The Hall–Kier alpha value is -2.95. The Labute approximate surface area is 201 Å². The molecule has 0 saturated carbocycles. The van der Waals surface area contributed by atoms with Gasteiger partial charge in [0.1, 0.15) is 18.4 Å². The number of aryl methyl sites for hydroxylation is 1. The minimum Gasteiger partial charge on any atom is -0.490 e. The number of carbonyl (C=O) groups excluding carboxylic acids is 1. The number of nitriles is 1. The Bertz CT molecular complexity index is 1010. The quantitative estimate of drug-likeness (QED) is 0.567. The van der Waals surface area contributed by atoms with Gasteiger partial charge in [-0.1, -0.05) is 24.3 Å². The maximum Gasteiger partial charge on any atom is 0.243 e. The smallest absolute Gasteiger partial charge is 0.243 e. The molecule has 0 aromatic heterocycles. The molecular weight excluding hydrogens is 434 g/mol. The van der Waals surface area contributed by atoms with Gasteiger partial charge in [-0.3, -0.25) is 4.79 Å². The molecule has 0 bridgehead atoms. The van der Waals surface area contributed by atoms with E-state index in [0.717, 1.165) is 17.7 Å². The Kier molecular flexibility index (Phi) is 10.8. The second kappa shape index (κ2) is 13.6. The van der Waals surface area contributed by atoms with Crippen molar-refractivity contribution < 1.29 is 14.3 Å². The van der Waals surface area contributed by atoms with E-state index in [1.54, 1.807) is 11.8 Å². The maximum absolute atomic E-state index is 9.70. The molecule has 6 nitrogen and oxygen atoms in total.